The van der Waals surface area contributed by atoms with Crippen molar-refractivity contribution in [3.05, 3.63) is 66.5 Å². The molecule has 0 radical (unpaired) electrons. The Bertz CT molecular complexity index is 760. The third-order valence-corrected chi connectivity index (χ3v) is 3.13. The van der Waals surface area contributed by atoms with Gasteiger partial charge in [0.05, 0.1) is 5.56 Å². The summed E-state index contributed by atoms with van der Waals surface area (Å²) >= 11 is 0. The third-order valence-electron chi connectivity index (χ3n) is 3.13. The maximum atomic E-state index is 11.3. The number of carboxylic acids is 1. The average molecular weight is 249 g/mol. The second kappa shape index (κ2) is 4.53. The maximum absolute atomic E-state index is 11.3. The number of benzene rings is 2. The Kier molecular flexibility index (Phi) is 2.72. The third kappa shape index (κ3) is 1.95. The van der Waals surface area contributed by atoms with Gasteiger partial charge in [0.2, 0.25) is 0 Å². The van der Waals surface area contributed by atoms with Gasteiger partial charge in [-0.3, -0.25) is 4.98 Å². The fraction of sp³-hybridized carbons (Fsp3) is 0. The molecule has 0 amide bonds. The minimum Gasteiger partial charge on any atom is -0.478 e. The van der Waals surface area contributed by atoms with Gasteiger partial charge in [0, 0.05) is 17.8 Å². The Labute approximate surface area is 110 Å². The van der Waals surface area contributed by atoms with Gasteiger partial charge in [0.25, 0.3) is 0 Å². The summed E-state index contributed by atoms with van der Waals surface area (Å²) in [6.07, 6.45) is 3.50. The van der Waals surface area contributed by atoms with Crippen molar-refractivity contribution in [2.75, 3.05) is 0 Å². The number of nitrogens with zero attached hydrogens (tertiary/aromatic N) is 1. The molecule has 1 aromatic heterocycles. The molecule has 0 aliphatic heterocycles. The van der Waals surface area contributed by atoms with Crippen LogP contribution in [0.15, 0.2) is 60.9 Å². The Morgan fingerprint density at radius 3 is 2.58 bits per heavy atom. The highest BCUT2D eigenvalue weighted by atomic mass is 16.4. The Morgan fingerprint density at radius 1 is 0.947 bits per heavy atom. The van der Waals surface area contributed by atoms with Crippen LogP contribution in [0.25, 0.3) is 21.9 Å². The van der Waals surface area contributed by atoms with Crippen LogP contribution in [0, 0.1) is 0 Å². The molecule has 3 rings (SSSR count). The molecule has 1 N–H and O–H groups in total. The number of hydrogen-bond acceptors (Lipinski definition) is 2. The molecular weight excluding hydrogens is 238 g/mol. The molecule has 0 spiro atoms. The second-order valence-corrected chi connectivity index (χ2v) is 4.25. The SMILES string of the molecule is O=C(O)c1ccccc1-c1cccc2ccncc12. The van der Waals surface area contributed by atoms with Crippen LogP contribution in [0.2, 0.25) is 0 Å². The zero-order valence-corrected chi connectivity index (χ0v) is 10.1. The highest BCUT2D eigenvalue weighted by molar-refractivity contribution is 6.03. The highest BCUT2D eigenvalue weighted by Gasteiger charge is 2.12. The van der Waals surface area contributed by atoms with Gasteiger partial charge >= 0.3 is 5.97 Å². The van der Waals surface area contributed by atoms with Gasteiger partial charge in [-0.15, -0.1) is 0 Å². The van der Waals surface area contributed by atoms with Crippen LogP contribution < -0.4 is 0 Å². The molecule has 92 valence electrons. The van der Waals surface area contributed by atoms with Gasteiger partial charge < -0.3 is 5.11 Å². The lowest BCUT2D eigenvalue weighted by Gasteiger charge is -2.09. The number of aromatic carboxylic acids is 1. The summed E-state index contributed by atoms with van der Waals surface area (Å²) < 4.78 is 0. The van der Waals surface area contributed by atoms with E-state index in [1.54, 1.807) is 24.5 Å². The minimum atomic E-state index is -0.920. The van der Waals surface area contributed by atoms with Crippen molar-refractivity contribution in [2.24, 2.45) is 0 Å². The monoisotopic (exact) mass is 249 g/mol. The first kappa shape index (κ1) is 11.4. The summed E-state index contributed by atoms with van der Waals surface area (Å²) in [5, 5.41) is 11.3. The van der Waals surface area contributed by atoms with Crippen molar-refractivity contribution >= 4 is 16.7 Å². The van der Waals surface area contributed by atoms with Crippen molar-refractivity contribution < 1.29 is 9.90 Å². The molecule has 0 fully saturated rings. The van der Waals surface area contributed by atoms with Gasteiger partial charge in [-0.2, -0.15) is 0 Å². The topological polar surface area (TPSA) is 50.2 Å². The molecule has 0 unspecified atom stereocenters. The van der Waals surface area contributed by atoms with E-state index >= 15 is 0 Å². The molecule has 19 heavy (non-hydrogen) atoms. The van der Waals surface area contributed by atoms with E-state index in [0.29, 0.717) is 11.1 Å². The number of pyridine rings is 1. The molecule has 2 aromatic carbocycles. The summed E-state index contributed by atoms with van der Waals surface area (Å²) in [5.41, 5.74) is 1.91. The van der Waals surface area contributed by atoms with E-state index in [4.69, 9.17) is 0 Å². The van der Waals surface area contributed by atoms with E-state index in [9.17, 15) is 9.90 Å². The quantitative estimate of drug-likeness (QED) is 0.754. The number of carbonyl (C=O) groups is 1. The van der Waals surface area contributed by atoms with Crippen LogP contribution >= 0.6 is 0 Å². The second-order valence-electron chi connectivity index (χ2n) is 4.25. The van der Waals surface area contributed by atoms with Gasteiger partial charge in [-0.1, -0.05) is 36.4 Å². The lowest BCUT2D eigenvalue weighted by atomic mass is 9.96. The summed E-state index contributed by atoms with van der Waals surface area (Å²) in [5.74, 6) is -0.920. The average Bonchev–Trinajstić information content (AvgIpc) is 2.46. The van der Waals surface area contributed by atoms with Crippen LogP contribution in [0.1, 0.15) is 10.4 Å². The number of rotatable bonds is 2. The van der Waals surface area contributed by atoms with Gasteiger partial charge in [0.15, 0.2) is 0 Å². The largest absolute Gasteiger partial charge is 0.478 e. The smallest absolute Gasteiger partial charge is 0.336 e. The van der Waals surface area contributed by atoms with Gasteiger partial charge in [-0.25, -0.2) is 4.79 Å². The van der Waals surface area contributed by atoms with Crippen molar-refractivity contribution in [2.45, 2.75) is 0 Å². The number of fused-ring (bicyclic) bond motifs is 1. The predicted molar refractivity (Wildman–Crippen MR) is 74.1 cm³/mol. The fourth-order valence-corrected chi connectivity index (χ4v) is 2.25. The molecule has 3 nitrogen and oxygen atoms in total. The van der Waals surface area contributed by atoms with Crippen molar-refractivity contribution in [1.29, 1.82) is 0 Å². The number of carboxylic acid groups (broad SMARTS) is 1. The first-order chi connectivity index (χ1) is 9.27. The summed E-state index contributed by atoms with van der Waals surface area (Å²) in [7, 11) is 0. The molecule has 0 aliphatic rings. The molecule has 3 heteroatoms. The Balaban J connectivity index is 2.34. The maximum Gasteiger partial charge on any atom is 0.336 e. The Hall–Kier alpha value is -2.68. The van der Waals surface area contributed by atoms with Crippen LogP contribution in [0.4, 0.5) is 0 Å². The van der Waals surface area contributed by atoms with Crippen LogP contribution in [-0.4, -0.2) is 16.1 Å². The van der Waals surface area contributed by atoms with Crippen molar-refractivity contribution in [3.63, 3.8) is 0 Å². The fourth-order valence-electron chi connectivity index (χ4n) is 2.25. The van der Waals surface area contributed by atoms with E-state index in [1.807, 2.05) is 36.4 Å². The van der Waals surface area contributed by atoms with Crippen LogP contribution in [0.5, 0.6) is 0 Å². The molecule has 0 atom stereocenters. The van der Waals surface area contributed by atoms with Crippen molar-refractivity contribution in [1.82, 2.24) is 4.98 Å². The number of aromatic nitrogens is 1. The predicted octanol–water partition coefficient (Wildman–Crippen LogP) is 3.60. The van der Waals surface area contributed by atoms with E-state index < -0.39 is 5.97 Å². The van der Waals surface area contributed by atoms with Crippen molar-refractivity contribution in [3.8, 4) is 11.1 Å². The van der Waals surface area contributed by atoms with E-state index in [-0.39, 0.29) is 0 Å². The summed E-state index contributed by atoms with van der Waals surface area (Å²) in [6.45, 7) is 0. The standard InChI is InChI=1S/C16H11NO2/c18-16(19)14-6-2-1-5-12(14)13-7-3-4-11-8-9-17-10-15(11)13/h1-10H,(H,18,19). The molecular formula is C16H11NO2. The Morgan fingerprint density at radius 2 is 1.74 bits per heavy atom. The first-order valence-electron chi connectivity index (χ1n) is 5.93. The molecule has 3 aromatic rings. The molecule has 0 saturated heterocycles. The lowest BCUT2D eigenvalue weighted by Crippen LogP contribution is -1.99. The van der Waals surface area contributed by atoms with Crippen LogP contribution in [-0.2, 0) is 0 Å². The zero-order chi connectivity index (χ0) is 13.2. The molecule has 0 aliphatic carbocycles. The zero-order valence-electron chi connectivity index (χ0n) is 10.1. The molecule has 1 heterocycles. The highest BCUT2D eigenvalue weighted by Crippen LogP contribution is 2.30. The molecule has 0 bridgehead atoms. The van der Waals surface area contributed by atoms with Gasteiger partial charge in [0.1, 0.15) is 0 Å². The normalized spacial score (nSPS) is 10.5. The summed E-state index contributed by atoms with van der Waals surface area (Å²) in [6, 6.07) is 14.8. The first-order valence-corrected chi connectivity index (χ1v) is 5.93. The molecule has 0 saturated carbocycles. The number of hydrogen-bond donors (Lipinski definition) is 1. The van der Waals surface area contributed by atoms with E-state index in [2.05, 4.69) is 4.98 Å². The van der Waals surface area contributed by atoms with Gasteiger partial charge in [-0.05, 0) is 28.6 Å². The van der Waals surface area contributed by atoms with E-state index in [0.717, 1.165) is 16.3 Å². The lowest BCUT2D eigenvalue weighted by molar-refractivity contribution is 0.0698. The minimum absolute atomic E-state index is 0.304. The van der Waals surface area contributed by atoms with Crippen LogP contribution in [0.3, 0.4) is 0 Å². The van der Waals surface area contributed by atoms with E-state index in [1.165, 1.54) is 0 Å². The summed E-state index contributed by atoms with van der Waals surface area (Å²) in [4.78, 5) is 15.4.